The molecule has 2 aromatic rings. The topological polar surface area (TPSA) is 72.9 Å². The molecule has 5 nitrogen and oxygen atoms in total. The fourth-order valence-corrected chi connectivity index (χ4v) is 1.80. The number of carbonyl (C=O) groups is 1. The van der Waals surface area contributed by atoms with Gasteiger partial charge in [0, 0.05) is 18.3 Å². The van der Waals surface area contributed by atoms with Crippen molar-refractivity contribution in [2.24, 2.45) is 12.8 Å². The normalized spacial score (nSPS) is 10.2. The number of hydrogen-bond donors (Lipinski definition) is 2. The number of anilines is 1. The molecule has 0 aliphatic rings. The van der Waals surface area contributed by atoms with E-state index in [0.29, 0.717) is 16.4 Å². The summed E-state index contributed by atoms with van der Waals surface area (Å²) in [5.41, 5.74) is 8.43. The number of nitrogens with zero attached hydrogens (tertiary/aromatic N) is 2. The monoisotopic (exact) mass is 274 g/mol. The van der Waals surface area contributed by atoms with Crippen LogP contribution < -0.4 is 11.1 Å². The van der Waals surface area contributed by atoms with Crippen LogP contribution in [-0.4, -0.2) is 20.4 Å². The summed E-state index contributed by atoms with van der Waals surface area (Å²) in [4.78, 5) is 16.3. The van der Waals surface area contributed by atoms with Crippen molar-refractivity contribution >= 4 is 28.8 Å². The van der Waals surface area contributed by atoms with Crippen LogP contribution in [0.1, 0.15) is 21.6 Å². The summed E-state index contributed by atoms with van der Waals surface area (Å²) in [5, 5.41) is 2.83. The van der Waals surface area contributed by atoms with E-state index in [4.69, 9.17) is 18.0 Å². The summed E-state index contributed by atoms with van der Waals surface area (Å²) in [6.45, 7) is 1.90. The van der Waals surface area contributed by atoms with Gasteiger partial charge in [0.2, 0.25) is 0 Å². The molecule has 98 valence electrons. The van der Waals surface area contributed by atoms with Crippen molar-refractivity contribution in [3.8, 4) is 0 Å². The Labute approximate surface area is 116 Å². The quantitative estimate of drug-likeness (QED) is 0.834. The standard InChI is InChI=1S/C13H14N4OS/c1-8-3-4-9(12(14)19)5-10(8)16-13(18)11-6-15-7-17(11)2/h3-7H,1-2H3,(H2,14,19)(H,16,18). The molecule has 0 aliphatic carbocycles. The van der Waals surface area contributed by atoms with Crippen molar-refractivity contribution in [1.29, 1.82) is 0 Å². The van der Waals surface area contributed by atoms with Gasteiger partial charge in [-0.3, -0.25) is 4.79 Å². The molecule has 2 rings (SSSR count). The second kappa shape index (κ2) is 5.19. The van der Waals surface area contributed by atoms with Gasteiger partial charge in [0.15, 0.2) is 0 Å². The lowest BCUT2D eigenvalue weighted by Crippen LogP contribution is -2.17. The van der Waals surface area contributed by atoms with E-state index in [1.165, 1.54) is 6.20 Å². The van der Waals surface area contributed by atoms with Crippen LogP contribution in [0.25, 0.3) is 0 Å². The van der Waals surface area contributed by atoms with E-state index >= 15 is 0 Å². The smallest absolute Gasteiger partial charge is 0.273 e. The number of aromatic nitrogens is 2. The zero-order chi connectivity index (χ0) is 14.0. The highest BCUT2D eigenvalue weighted by Gasteiger charge is 2.11. The van der Waals surface area contributed by atoms with Crippen LogP contribution in [-0.2, 0) is 7.05 Å². The van der Waals surface area contributed by atoms with Gasteiger partial charge in [0.25, 0.3) is 5.91 Å². The number of nitrogens with two attached hydrogens (primary N) is 1. The molecule has 6 heteroatoms. The number of aryl methyl sites for hydroxylation is 2. The Kier molecular flexibility index (Phi) is 3.62. The highest BCUT2D eigenvalue weighted by Crippen LogP contribution is 2.17. The Balaban J connectivity index is 2.28. The molecule has 1 aromatic heterocycles. The lowest BCUT2D eigenvalue weighted by atomic mass is 10.1. The third kappa shape index (κ3) is 2.79. The van der Waals surface area contributed by atoms with E-state index in [9.17, 15) is 4.79 Å². The molecule has 1 amide bonds. The van der Waals surface area contributed by atoms with Crippen molar-refractivity contribution < 1.29 is 4.79 Å². The van der Waals surface area contributed by atoms with E-state index in [1.54, 1.807) is 24.0 Å². The van der Waals surface area contributed by atoms with Crippen LogP contribution in [0.15, 0.2) is 30.7 Å². The van der Waals surface area contributed by atoms with Crippen LogP contribution >= 0.6 is 12.2 Å². The number of imidazole rings is 1. The highest BCUT2D eigenvalue weighted by molar-refractivity contribution is 7.80. The first kappa shape index (κ1) is 13.2. The fraction of sp³-hybridized carbons (Fsp3) is 0.154. The molecule has 1 aromatic carbocycles. The minimum absolute atomic E-state index is 0.219. The maximum Gasteiger partial charge on any atom is 0.273 e. The summed E-state index contributed by atoms with van der Waals surface area (Å²) in [7, 11) is 1.76. The number of amides is 1. The van der Waals surface area contributed by atoms with Gasteiger partial charge in [0.05, 0.1) is 12.5 Å². The zero-order valence-corrected chi connectivity index (χ0v) is 11.5. The first-order valence-corrected chi connectivity index (χ1v) is 6.08. The lowest BCUT2D eigenvalue weighted by Gasteiger charge is -2.10. The molecule has 0 atom stereocenters. The Morgan fingerprint density at radius 2 is 2.21 bits per heavy atom. The summed E-state index contributed by atoms with van der Waals surface area (Å²) >= 11 is 4.93. The predicted molar refractivity (Wildman–Crippen MR) is 78.2 cm³/mol. The number of rotatable bonds is 3. The molecule has 0 unspecified atom stereocenters. The van der Waals surface area contributed by atoms with Crippen LogP contribution in [0.5, 0.6) is 0 Å². The second-order valence-electron chi connectivity index (χ2n) is 4.24. The first-order chi connectivity index (χ1) is 8.99. The van der Waals surface area contributed by atoms with E-state index in [-0.39, 0.29) is 5.91 Å². The lowest BCUT2D eigenvalue weighted by molar-refractivity contribution is 0.101. The van der Waals surface area contributed by atoms with Gasteiger partial charge in [-0.25, -0.2) is 4.98 Å². The average Bonchev–Trinajstić information content (AvgIpc) is 2.78. The van der Waals surface area contributed by atoms with Crippen LogP contribution in [0.2, 0.25) is 0 Å². The maximum atomic E-state index is 12.1. The molecule has 0 fully saturated rings. The van der Waals surface area contributed by atoms with Crippen molar-refractivity contribution in [2.45, 2.75) is 6.92 Å². The molecule has 0 saturated heterocycles. The minimum atomic E-state index is -0.219. The van der Waals surface area contributed by atoms with Gasteiger partial charge in [-0.2, -0.15) is 0 Å². The minimum Gasteiger partial charge on any atom is -0.389 e. The van der Waals surface area contributed by atoms with Gasteiger partial charge in [-0.1, -0.05) is 24.4 Å². The van der Waals surface area contributed by atoms with E-state index in [2.05, 4.69) is 10.3 Å². The van der Waals surface area contributed by atoms with Crippen molar-refractivity contribution in [2.75, 3.05) is 5.32 Å². The van der Waals surface area contributed by atoms with Crippen LogP contribution in [0.3, 0.4) is 0 Å². The number of thiocarbonyl (C=S) groups is 1. The largest absolute Gasteiger partial charge is 0.389 e. The summed E-state index contributed by atoms with van der Waals surface area (Å²) < 4.78 is 1.65. The van der Waals surface area contributed by atoms with Gasteiger partial charge < -0.3 is 15.6 Å². The molecule has 19 heavy (non-hydrogen) atoms. The van der Waals surface area contributed by atoms with Crippen LogP contribution in [0, 0.1) is 6.92 Å². The van der Waals surface area contributed by atoms with Crippen LogP contribution in [0.4, 0.5) is 5.69 Å². The fourth-order valence-electron chi connectivity index (χ4n) is 1.67. The summed E-state index contributed by atoms with van der Waals surface area (Å²) in [6, 6.07) is 5.47. The second-order valence-corrected chi connectivity index (χ2v) is 4.68. The van der Waals surface area contributed by atoms with E-state index < -0.39 is 0 Å². The predicted octanol–water partition coefficient (Wildman–Crippen LogP) is 1.62. The first-order valence-electron chi connectivity index (χ1n) is 5.67. The number of hydrogen-bond acceptors (Lipinski definition) is 3. The maximum absolute atomic E-state index is 12.1. The number of benzene rings is 1. The highest BCUT2D eigenvalue weighted by atomic mass is 32.1. The van der Waals surface area contributed by atoms with Gasteiger partial charge in [-0.15, -0.1) is 0 Å². The molecular formula is C13H14N4OS. The van der Waals surface area contributed by atoms with Crippen molar-refractivity contribution in [3.63, 3.8) is 0 Å². The molecule has 0 spiro atoms. The third-order valence-electron chi connectivity index (χ3n) is 2.82. The van der Waals surface area contributed by atoms with E-state index in [1.807, 2.05) is 19.1 Å². The molecule has 0 aliphatic heterocycles. The van der Waals surface area contributed by atoms with Crippen molar-refractivity contribution in [3.05, 3.63) is 47.5 Å². The molecule has 1 heterocycles. The number of nitrogens with one attached hydrogen (secondary N) is 1. The average molecular weight is 274 g/mol. The summed E-state index contributed by atoms with van der Waals surface area (Å²) in [5.74, 6) is -0.219. The van der Waals surface area contributed by atoms with Gasteiger partial charge in [-0.05, 0) is 18.6 Å². The Hall–Kier alpha value is -2.21. The van der Waals surface area contributed by atoms with E-state index in [0.717, 1.165) is 11.1 Å². The Morgan fingerprint density at radius 1 is 1.47 bits per heavy atom. The Bertz CT molecular complexity index is 648. The third-order valence-corrected chi connectivity index (χ3v) is 3.06. The molecule has 0 bridgehead atoms. The molecular weight excluding hydrogens is 260 g/mol. The van der Waals surface area contributed by atoms with Crippen molar-refractivity contribution in [1.82, 2.24) is 9.55 Å². The van der Waals surface area contributed by atoms with Gasteiger partial charge >= 0.3 is 0 Å². The molecule has 0 saturated carbocycles. The number of carbonyl (C=O) groups excluding carboxylic acids is 1. The SMILES string of the molecule is Cc1ccc(C(N)=S)cc1NC(=O)c1cncn1C. The Morgan fingerprint density at radius 3 is 2.79 bits per heavy atom. The zero-order valence-electron chi connectivity index (χ0n) is 10.7. The molecule has 3 N–H and O–H groups in total. The van der Waals surface area contributed by atoms with Gasteiger partial charge in [0.1, 0.15) is 10.7 Å². The molecule has 0 radical (unpaired) electrons. The summed E-state index contributed by atoms with van der Waals surface area (Å²) in [6.07, 6.45) is 3.09.